The third kappa shape index (κ3) is 4.99. The van der Waals surface area contributed by atoms with Crippen molar-refractivity contribution in [2.45, 2.75) is 25.6 Å². The van der Waals surface area contributed by atoms with Gasteiger partial charge in [-0.3, -0.25) is 14.6 Å². The number of hydrogen-bond donors (Lipinski definition) is 0. The molecular formula is C22H22N2O5S2. The number of thioether (sulfide) groups is 1. The van der Waals surface area contributed by atoms with Gasteiger partial charge in [0.2, 0.25) is 0 Å². The molecule has 9 heteroatoms. The van der Waals surface area contributed by atoms with Crippen LogP contribution < -0.4 is 4.90 Å². The summed E-state index contributed by atoms with van der Waals surface area (Å²) in [6, 6.07) is 15.7. The van der Waals surface area contributed by atoms with Crippen LogP contribution in [0.25, 0.3) is 0 Å². The molecule has 4 rings (SSSR count). The van der Waals surface area contributed by atoms with Gasteiger partial charge in [-0.05, 0) is 24.6 Å². The molecule has 2 aromatic carbocycles. The van der Waals surface area contributed by atoms with E-state index in [1.807, 2.05) is 41.3 Å². The van der Waals surface area contributed by atoms with Gasteiger partial charge in [0.1, 0.15) is 6.61 Å². The van der Waals surface area contributed by atoms with Gasteiger partial charge in [0, 0.05) is 11.3 Å². The van der Waals surface area contributed by atoms with Crippen LogP contribution in [0.1, 0.15) is 22.8 Å². The van der Waals surface area contributed by atoms with E-state index in [1.165, 1.54) is 18.7 Å². The molecule has 2 heterocycles. The molecule has 31 heavy (non-hydrogen) atoms. The number of benzene rings is 2. The van der Waals surface area contributed by atoms with Crippen LogP contribution in [0.2, 0.25) is 0 Å². The normalized spacial score (nSPS) is 21.5. The molecule has 2 aliphatic rings. The standard InChI is InChI=1S/C22H22N2O5S2/c1-15(25)17-8-5-9-18(10-17)24-20-14-31(27,28)13-19(20)23-22(24)30-12-21(26)29-11-16-6-3-2-4-7-16/h2-10,19-20H,11-14H2,1H3/t19-,20-/m0/s1. The Kier molecular flexibility index (Phi) is 6.15. The van der Waals surface area contributed by atoms with Gasteiger partial charge in [-0.15, -0.1) is 0 Å². The zero-order valence-corrected chi connectivity index (χ0v) is 18.6. The minimum atomic E-state index is -3.18. The van der Waals surface area contributed by atoms with Gasteiger partial charge in [0.15, 0.2) is 20.8 Å². The molecule has 0 saturated carbocycles. The van der Waals surface area contributed by atoms with Crippen LogP contribution in [-0.4, -0.2) is 54.7 Å². The molecule has 1 fully saturated rings. The first-order chi connectivity index (χ1) is 14.8. The van der Waals surface area contributed by atoms with E-state index < -0.39 is 9.84 Å². The largest absolute Gasteiger partial charge is 0.460 e. The maximum Gasteiger partial charge on any atom is 0.316 e. The Balaban J connectivity index is 1.49. The molecule has 0 spiro atoms. The number of rotatable bonds is 6. The van der Waals surface area contributed by atoms with Crippen molar-refractivity contribution in [1.29, 1.82) is 0 Å². The molecule has 7 nitrogen and oxygen atoms in total. The first kappa shape index (κ1) is 21.6. The molecule has 0 unspecified atom stereocenters. The second-order valence-electron chi connectivity index (χ2n) is 7.53. The highest BCUT2D eigenvalue weighted by Crippen LogP contribution is 2.35. The predicted octanol–water partition coefficient (Wildman–Crippen LogP) is 2.71. The van der Waals surface area contributed by atoms with E-state index >= 15 is 0 Å². The molecule has 0 radical (unpaired) electrons. The van der Waals surface area contributed by atoms with Crippen LogP contribution >= 0.6 is 11.8 Å². The minimum Gasteiger partial charge on any atom is -0.460 e. The molecule has 2 aliphatic heterocycles. The number of ketones is 1. The second kappa shape index (κ2) is 8.84. The van der Waals surface area contributed by atoms with Gasteiger partial charge >= 0.3 is 5.97 Å². The zero-order valence-electron chi connectivity index (χ0n) is 16.9. The number of nitrogens with zero attached hydrogens (tertiary/aromatic N) is 2. The fraction of sp³-hybridized carbons (Fsp3) is 0.318. The summed E-state index contributed by atoms with van der Waals surface area (Å²) in [5, 5.41) is 0.572. The van der Waals surface area contributed by atoms with Crippen LogP contribution in [0, 0.1) is 0 Å². The van der Waals surface area contributed by atoms with Crippen molar-refractivity contribution in [2.75, 3.05) is 22.2 Å². The van der Waals surface area contributed by atoms with Crippen LogP contribution in [0.4, 0.5) is 5.69 Å². The van der Waals surface area contributed by atoms with Crippen molar-refractivity contribution in [3.63, 3.8) is 0 Å². The maximum absolute atomic E-state index is 12.3. The van der Waals surface area contributed by atoms with Gasteiger partial charge < -0.3 is 9.64 Å². The van der Waals surface area contributed by atoms with Crippen LogP contribution in [0.3, 0.4) is 0 Å². The van der Waals surface area contributed by atoms with Gasteiger partial charge in [-0.2, -0.15) is 0 Å². The average Bonchev–Trinajstić information content (AvgIpc) is 3.22. The smallest absolute Gasteiger partial charge is 0.316 e. The summed E-state index contributed by atoms with van der Waals surface area (Å²) in [6.45, 7) is 1.68. The highest BCUT2D eigenvalue weighted by molar-refractivity contribution is 8.14. The molecular weight excluding hydrogens is 436 g/mol. The summed E-state index contributed by atoms with van der Waals surface area (Å²) in [5.41, 5.74) is 2.14. The summed E-state index contributed by atoms with van der Waals surface area (Å²) in [7, 11) is -3.18. The second-order valence-corrected chi connectivity index (χ2v) is 10.6. The molecule has 0 aromatic heterocycles. The third-order valence-corrected chi connectivity index (χ3v) is 7.84. The molecule has 0 N–H and O–H groups in total. The number of Topliss-reactive ketones (excluding diaryl/α,β-unsaturated/α-hetero) is 1. The summed E-state index contributed by atoms with van der Waals surface area (Å²) in [4.78, 5) is 30.5. The summed E-state index contributed by atoms with van der Waals surface area (Å²) in [5.74, 6) is -0.413. The number of fused-ring (bicyclic) bond motifs is 1. The molecule has 1 saturated heterocycles. The first-order valence-corrected chi connectivity index (χ1v) is 12.6. The molecule has 0 bridgehead atoms. The summed E-state index contributed by atoms with van der Waals surface area (Å²) in [6.07, 6.45) is 0. The Morgan fingerprint density at radius 3 is 2.65 bits per heavy atom. The summed E-state index contributed by atoms with van der Waals surface area (Å²) >= 11 is 1.22. The lowest BCUT2D eigenvalue weighted by atomic mass is 10.1. The highest BCUT2D eigenvalue weighted by Gasteiger charge is 2.47. The first-order valence-electron chi connectivity index (χ1n) is 9.83. The number of anilines is 1. The number of aliphatic imine (C=N–C) groups is 1. The quantitative estimate of drug-likeness (QED) is 0.485. The molecule has 2 atom stereocenters. The Morgan fingerprint density at radius 2 is 1.90 bits per heavy atom. The van der Waals surface area contributed by atoms with Gasteiger partial charge in [0.25, 0.3) is 0 Å². The van der Waals surface area contributed by atoms with Crippen molar-refractivity contribution in [2.24, 2.45) is 4.99 Å². The van der Waals surface area contributed by atoms with Crippen LogP contribution in [0.5, 0.6) is 0 Å². The van der Waals surface area contributed by atoms with E-state index in [4.69, 9.17) is 4.74 Å². The van der Waals surface area contributed by atoms with Gasteiger partial charge in [-0.25, -0.2) is 8.42 Å². The fourth-order valence-corrected chi connectivity index (χ4v) is 6.48. The Labute approximate surface area is 185 Å². The molecule has 0 aliphatic carbocycles. The van der Waals surface area contributed by atoms with Crippen molar-refractivity contribution in [3.8, 4) is 0 Å². The topological polar surface area (TPSA) is 93.1 Å². The fourth-order valence-electron chi connectivity index (χ4n) is 3.71. The number of esters is 1. The van der Waals surface area contributed by atoms with E-state index in [9.17, 15) is 18.0 Å². The Morgan fingerprint density at radius 1 is 1.13 bits per heavy atom. The molecule has 0 amide bonds. The number of sulfone groups is 1. The number of carbonyl (C=O) groups excluding carboxylic acids is 2. The predicted molar refractivity (Wildman–Crippen MR) is 121 cm³/mol. The number of carbonyl (C=O) groups is 2. The maximum atomic E-state index is 12.3. The van der Waals surface area contributed by atoms with E-state index in [2.05, 4.69) is 4.99 Å². The monoisotopic (exact) mass is 458 g/mol. The molecule has 162 valence electrons. The number of hydrogen-bond acceptors (Lipinski definition) is 8. The summed E-state index contributed by atoms with van der Waals surface area (Å²) < 4.78 is 29.6. The zero-order chi connectivity index (χ0) is 22.0. The highest BCUT2D eigenvalue weighted by atomic mass is 32.2. The Hall–Kier alpha value is -2.65. The van der Waals surface area contributed by atoms with Crippen LogP contribution in [0.15, 0.2) is 59.6 Å². The molecule has 2 aromatic rings. The average molecular weight is 459 g/mol. The van der Waals surface area contributed by atoms with Crippen molar-refractivity contribution < 1.29 is 22.7 Å². The van der Waals surface area contributed by atoms with Gasteiger partial charge in [-0.1, -0.05) is 54.2 Å². The number of amidine groups is 1. The van der Waals surface area contributed by atoms with Crippen LogP contribution in [-0.2, 0) is 26.0 Å². The number of ether oxygens (including phenoxy) is 1. The lowest BCUT2D eigenvalue weighted by molar-refractivity contribution is -0.141. The lowest BCUT2D eigenvalue weighted by Gasteiger charge is -2.26. The van der Waals surface area contributed by atoms with E-state index in [-0.39, 0.29) is 47.7 Å². The van der Waals surface area contributed by atoms with Crippen molar-refractivity contribution in [1.82, 2.24) is 0 Å². The van der Waals surface area contributed by atoms with Crippen molar-refractivity contribution >= 4 is 44.2 Å². The van der Waals surface area contributed by atoms with E-state index in [0.29, 0.717) is 16.4 Å². The van der Waals surface area contributed by atoms with Crippen molar-refractivity contribution in [3.05, 3.63) is 65.7 Å². The van der Waals surface area contributed by atoms with E-state index in [1.54, 1.807) is 18.2 Å². The lowest BCUT2D eigenvalue weighted by Crippen LogP contribution is -2.39. The van der Waals surface area contributed by atoms with E-state index in [0.717, 1.165) is 5.56 Å². The van der Waals surface area contributed by atoms with Gasteiger partial charge in [0.05, 0.1) is 29.3 Å². The SMILES string of the molecule is CC(=O)c1cccc(N2C(SCC(=O)OCc3ccccc3)=N[C@H]3CS(=O)(=O)C[C@@H]32)c1. The third-order valence-electron chi connectivity index (χ3n) is 5.20. The minimum absolute atomic E-state index is 0.00597. The Bertz CT molecular complexity index is 1130.